The molecule has 1 atom stereocenters. The van der Waals surface area contributed by atoms with Crippen molar-refractivity contribution in [3.8, 4) is 11.4 Å². The summed E-state index contributed by atoms with van der Waals surface area (Å²) in [5, 5.41) is 25.2. The average molecular weight is 291 g/mol. The molecule has 2 rings (SSSR count). The lowest BCUT2D eigenvalue weighted by molar-refractivity contribution is -0.149. The van der Waals surface area contributed by atoms with Crippen molar-refractivity contribution in [2.75, 3.05) is 13.7 Å². The molecule has 1 aromatic heterocycles. The summed E-state index contributed by atoms with van der Waals surface area (Å²) in [4.78, 5) is 23.0. The van der Waals surface area contributed by atoms with Crippen molar-refractivity contribution in [1.82, 2.24) is 25.9 Å². The Bertz CT molecular complexity index is 628. The number of tetrazole rings is 1. The minimum Gasteiger partial charge on any atom is -0.467 e. The van der Waals surface area contributed by atoms with Crippen LogP contribution in [-0.4, -0.2) is 57.4 Å². The molecule has 1 unspecified atom stereocenters. The van der Waals surface area contributed by atoms with Gasteiger partial charge in [-0.3, -0.25) is 4.79 Å². The number of carbonyl (C=O) groups excluding carboxylic acids is 2. The minimum absolute atomic E-state index is 0.238. The van der Waals surface area contributed by atoms with E-state index in [0.717, 1.165) is 7.11 Å². The number of benzene rings is 1. The van der Waals surface area contributed by atoms with Crippen molar-refractivity contribution in [2.45, 2.75) is 6.10 Å². The van der Waals surface area contributed by atoms with E-state index in [4.69, 9.17) is 0 Å². The van der Waals surface area contributed by atoms with Gasteiger partial charge >= 0.3 is 5.97 Å². The summed E-state index contributed by atoms with van der Waals surface area (Å²) < 4.78 is 4.35. The Balaban J connectivity index is 2.03. The highest BCUT2D eigenvalue weighted by Gasteiger charge is 2.17. The quantitative estimate of drug-likeness (QED) is 0.610. The molecule has 0 aliphatic rings. The maximum atomic E-state index is 11.9. The normalized spacial score (nSPS) is 11.7. The molecule has 0 aliphatic heterocycles. The molecule has 0 spiro atoms. The number of rotatable bonds is 5. The molecule has 9 heteroatoms. The van der Waals surface area contributed by atoms with Crippen LogP contribution in [0.1, 0.15) is 10.4 Å². The SMILES string of the molecule is COC(=O)C(O)CNC(=O)c1cccc(-c2nn[nH]n2)c1. The predicted molar refractivity (Wildman–Crippen MR) is 70.0 cm³/mol. The first-order valence-electron chi connectivity index (χ1n) is 6.00. The van der Waals surface area contributed by atoms with Gasteiger partial charge in [0.25, 0.3) is 5.91 Å². The van der Waals surface area contributed by atoms with Crippen molar-refractivity contribution in [2.24, 2.45) is 0 Å². The zero-order valence-electron chi connectivity index (χ0n) is 11.1. The number of aliphatic hydroxyl groups is 1. The summed E-state index contributed by atoms with van der Waals surface area (Å²) in [6.45, 7) is -0.238. The first kappa shape index (κ1) is 14.6. The van der Waals surface area contributed by atoms with Crippen molar-refractivity contribution in [3.05, 3.63) is 29.8 Å². The Morgan fingerprint density at radius 3 is 2.95 bits per heavy atom. The lowest BCUT2D eigenvalue weighted by Gasteiger charge is -2.10. The van der Waals surface area contributed by atoms with Crippen LogP contribution in [0.3, 0.4) is 0 Å². The van der Waals surface area contributed by atoms with Crippen molar-refractivity contribution in [3.63, 3.8) is 0 Å². The van der Waals surface area contributed by atoms with E-state index in [-0.39, 0.29) is 6.54 Å². The number of aliphatic hydroxyl groups excluding tert-OH is 1. The van der Waals surface area contributed by atoms with E-state index in [9.17, 15) is 14.7 Å². The Kier molecular flexibility index (Phi) is 4.57. The number of H-pyrrole nitrogens is 1. The molecule has 9 nitrogen and oxygen atoms in total. The number of aromatic nitrogens is 4. The lowest BCUT2D eigenvalue weighted by Crippen LogP contribution is -2.37. The topological polar surface area (TPSA) is 130 Å². The van der Waals surface area contributed by atoms with Crippen molar-refractivity contribution in [1.29, 1.82) is 0 Å². The Labute approximate surface area is 119 Å². The Morgan fingerprint density at radius 2 is 2.29 bits per heavy atom. The van der Waals surface area contributed by atoms with Gasteiger partial charge in [0.1, 0.15) is 0 Å². The standard InChI is InChI=1S/C12H13N5O4/c1-21-12(20)9(18)6-13-11(19)8-4-2-3-7(5-8)10-14-16-17-15-10/h2-5,9,18H,6H2,1H3,(H,13,19)(H,14,15,16,17). The second-order valence-corrected chi connectivity index (χ2v) is 4.07. The number of carbonyl (C=O) groups is 2. The van der Waals surface area contributed by atoms with Gasteiger partial charge in [-0.25, -0.2) is 4.79 Å². The van der Waals surface area contributed by atoms with E-state index in [1.54, 1.807) is 24.3 Å². The highest BCUT2D eigenvalue weighted by atomic mass is 16.5. The van der Waals surface area contributed by atoms with Gasteiger partial charge in [0.2, 0.25) is 5.82 Å². The molecule has 21 heavy (non-hydrogen) atoms. The van der Waals surface area contributed by atoms with E-state index in [1.165, 1.54) is 0 Å². The number of ether oxygens (including phenoxy) is 1. The Morgan fingerprint density at radius 1 is 1.48 bits per heavy atom. The van der Waals surface area contributed by atoms with E-state index in [1.807, 2.05) is 0 Å². The monoisotopic (exact) mass is 291 g/mol. The molecular weight excluding hydrogens is 278 g/mol. The van der Waals surface area contributed by atoms with Crippen LogP contribution in [0.25, 0.3) is 11.4 Å². The number of esters is 1. The number of nitrogens with one attached hydrogen (secondary N) is 2. The zero-order valence-corrected chi connectivity index (χ0v) is 11.1. The first-order valence-corrected chi connectivity index (χ1v) is 6.00. The molecule has 0 aliphatic carbocycles. The first-order chi connectivity index (χ1) is 10.1. The fourth-order valence-electron chi connectivity index (χ4n) is 1.59. The number of hydrogen-bond donors (Lipinski definition) is 3. The molecule has 0 radical (unpaired) electrons. The second-order valence-electron chi connectivity index (χ2n) is 4.07. The van der Waals surface area contributed by atoms with Crippen molar-refractivity contribution >= 4 is 11.9 Å². The highest BCUT2D eigenvalue weighted by Crippen LogP contribution is 2.14. The molecular formula is C12H13N5O4. The van der Waals surface area contributed by atoms with Gasteiger partial charge in [-0.05, 0) is 17.3 Å². The number of aromatic amines is 1. The van der Waals surface area contributed by atoms with Gasteiger partial charge in [0.05, 0.1) is 13.7 Å². The molecule has 1 aromatic carbocycles. The van der Waals surface area contributed by atoms with Crippen LogP contribution in [0.15, 0.2) is 24.3 Å². The number of nitrogens with zero attached hydrogens (tertiary/aromatic N) is 3. The fraction of sp³-hybridized carbons (Fsp3) is 0.250. The maximum Gasteiger partial charge on any atom is 0.336 e. The number of methoxy groups -OCH3 is 1. The van der Waals surface area contributed by atoms with Gasteiger partial charge in [-0.2, -0.15) is 5.21 Å². The molecule has 1 heterocycles. The lowest BCUT2D eigenvalue weighted by atomic mass is 10.1. The smallest absolute Gasteiger partial charge is 0.336 e. The number of amides is 1. The van der Waals surface area contributed by atoms with E-state index >= 15 is 0 Å². The van der Waals surface area contributed by atoms with Crippen LogP contribution in [0.2, 0.25) is 0 Å². The van der Waals surface area contributed by atoms with Gasteiger partial charge in [-0.1, -0.05) is 12.1 Å². The van der Waals surface area contributed by atoms with Crippen LogP contribution in [0.5, 0.6) is 0 Å². The van der Waals surface area contributed by atoms with Gasteiger partial charge < -0.3 is 15.2 Å². The van der Waals surface area contributed by atoms with Crippen LogP contribution in [0, 0.1) is 0 Å². The molecule has 1 amide bonds. The maximum absolute atomic E-state index is 11.9. The van der Waals surface area contributed by atoms with E-state index in [0.29, 0.717) is 17.0 Å². The largest absolute Gasteiger partial charge is 0.467 e. The third-order valence-electron chi connectivity index (χ3n) is 2.66. The van der Waals surface area contributed by atoms with E-state index < -0.39 is 18.0 Å². The van der Waals surface area contributed by atoms with Crippen LogP contribution in [0.4, 0.5) is 0 Å². The van der Waals surface area contributed by atoms with Crippen molar-refractivity contribution < 1.29 is 19.4 Å². The van der Waals surface area contributed by atoms with Gasteiger partial charge in [0, 0.05) is 11.1 Å². The summed E-state index contributed by atoms with van der Waals surface area (Å²) in [7, 11) is 1.15. The second kappa shape index (κ2) is 6.57. The molecule has 2 aromatic rings. The van der Waals surface area contributed by atoms with Crippen LogP contribution in [-0.2, 0) is 9.53 Å². The van der Waals surface area contributed by atoms with Crippen LogP contribution < -0.4 is 5.32 Å². The van der Waals surface area contributed by atoms with E-state index in [2.05, 4.69) is 30.7 Å². The van der Waals surface area contributed by atoms with Crippen LogP contribution >= 0.6 is 0 Å². The minimum atomic E-state index is -1.40. The Hall–Kier alpha value is -2.81. The molecule has 0 saturated carbocycles. The molecule has 0 bridgehead atoms. The van der Waals surface area contributed by atoms with Gasteiger partial charge in [-0.15, -0.1) is 10.2 Å². The fourth-order valence-corrected chi connectivity index (χ4v) is 1.59. The third-order valence-corrected chi connectivity index (χ3v) is 2.66. The number of hydrogen-bond acceptors (Lipinski definition) is 7. The highest BCUT2D eigenvalue weighted by molar-refractivity contribution is 5.95. The summed E-state index contributed by atoms with van der Waals surface area (Å²) in [6, 6.07) is 6.55. The third kappa shape index (κ3) is 3.60. The average Bonchev–Trinajstić information content (AvgIpc) is 3.06. The summed E-state index contributed by atoms with van der Waals surface area (Å²) in [6.07, 6.45) is -1.40. The van der Waals surface area contributed by atoms with Gasteiger partial charge in [0.15, 0.2) is 6.10 Å². The molecule has 0 fully saturated rings. The summed E-state index contributed by atoms with van der Waals surface area (Å²) in [5.74, 6) is -0.890. The molecule has 110 valence electrons. The molecule has 0 saturated heterocycles. The molecule has 3 N–H and O–H groups in total. The predicted octanol–water partition coefficient (Wildman–Crippen LogP) is -0.870. The summed E-state index contributed by atoms with van der Waals surface area (Å²) in [5.41, 5.74) is 0.958. The zero-order chi connectivity index (χ0) is 15.2. The summed E-state index contributed by atoms with van der Waals surface area (Å²) >= 11 is 0.